The summed E-state index contributed by atoms with van der Waals surface area (Å²) in [4.78, 5) is 23.2. The number of amides is 2. The lowest BCUT2D eigenvalue weighted by atomic mass is 10.0. The standard InChI is InChI=1S/C18H32Br4N2O2/c1-23-15(25)17(19,20)13-11-9-7-5-3-4-6-8-10-12-14-18(21,22)16(26)24-2/h3-14H2,1-2H3,(H,23,25)(H,24,26). The Morgan fingerprint density at radius 2 is 0.808 bits per heavy atom. The van der Waals surface area contributed by atoms with E-state index in [0.29, 0.717) is 0 Å². The van der Waals surface area contributed by atoms with Crippen molar-refractivity contribution in [3.63, 3.8) is 0 Å². The summed E-state index contributed by atoms with van der Waals surface area (Å²) in [5.74, 6) is -0.0465. The van der Waals surface area contributed by atoms with Crippen LogP contribution >= 0.6 is 63.7 Å². The van der Waals surface area contributed by atoms with E-state index in [1.54, 1.807) is 14.1 Å². The van der Waals surface area contributed by atoms with E-state index in [-0.39, 0.29) is 11.8 Å². The van der Waals surface area contributed by atoms with Gasteiger partial charge in [0.2, 0.25) is 11.8 Å². The molecule has 0 unspecified atom stereocenters. The van der Waals surface area contributed by atoms with E-state index in [2.05, 4.69) is 74.4 Å². The minimum Gasteiger partial charge on any atom is -0.357 e. The zero-order chi connectivity index (χ0) is 20.1. The second-order valence-electron chi connectivity index (χ2n) is 6.60. The van der Waals surface area contributed by atoms with Gasteiger partial charge in [-0.15, -0.1) is 0 Å². The molecule has 0 heterocycles. The van der Waals surface area contributed by atoms with Gasteiger partial charge in [0.15, 0.2) is 6.47 Å². The van der Waals surface area contributed by atoms with Crippen LogP contribution in [0.1, 0.15) is 77.0 Å². The molecule has 0 radical (unpaired) electrons. The summed E-state index contributed by atoms with van der Waals surface area (Å²) in [6.45, 7) is 0. The van der Waals surface area contributed by atoms with E-state index in [1.165, 1.54) is 38.5 Å². The second-order valence-corrected chi connectivity index (χ2v) is 14.1. The molecule has 0 rings (SSSR count). The smallest absolute Gasteiger partial charge is 0.247 e. The molecular formula is C18H32Br4N2O2. The Morgan fingerprint density at radius 3 is 1.04 bits per heavy atom. The molecule has 0 saturated heterocycles. The molecule has 0 aromatic heterocycles. The van der Waals surface area contributed by atoms with E-state index < -0.39 is 6.47 Å². The molecule has 8 heteroatoms. The van der Waals surface area contributed by atoms with Gasteiger partial charge in [-0.2, -0.15) is 0 Å². The number of carbonyl (C=O) groups is 2. The first kappa shape index (κ1) is 26.9. The van der Waals surface area contributed by atoms with Gasteiger partial charge in [0.25, 0.3) is 0 Å². The quantitative estimate of drug-likeness (QED) is 0.170. The van der Waals surface area contributed by atoms with E-state index in [1.807, 2.05) is 0 Å². The Labute approximate surface area is 192 Å². The highest BCUT2D eigenvalue weighted by Crippen LogP contribution is 2.33. The molecule has 2 N–H and O–H groups in total. The summed E-state index contributed by atoms with van der Waals surface area (Å²) in [5, 5.41) is 5.31. The zero-order valence-corrected chi connectivity index (χ0v) is 22.2. The highest BCUT2D eigenvalue weighted by molar-refractivity contribution is 9.26. The van der Waals surface area contributed by atoms with Crippen molar-refractivity contribution in [2.24, 2.45) is 0 Å². The van der Waals surface area contributed by atoms with E-state index in [4.69, 9.17) is 0 Å². The normalized spacial score (nSPS) is 12.1. The van der Waals surface area contributed by atoms with Crippen molar-refractivity contribution >= 4 is 75.5 Å². The number of rotatable bonds is 15. The van der Waals surface area contributed by atoms with Crippen LogP contribution in [0, 0.1) is 0 Å². The third-order valence-corrected chi connectivity index (χ3v) is 7.38. The number of unbranched alkanes of at least 4 members (excludes halogenated alkanes) is 9. The predicted molar refractivity (Wildman–Crippen MR) is 125 cm³/mol. The maximum atomic E-state index is 11.6. The lowest BCUT2D eigenvalue weighted by Gasteiger charge is -2.18. The molecule has 0 aliphatic rings. The molecule has 154 valence electrons. The number of nitrogens with one attached hydrogen (secondary N) is 2. The fraction of sp³-hybridized carbons (Fsp3) is 0.889. The van der Waals surface area contributed by atoms with Gasteiger partial charge in [-0.1, -0.05) is 128 Å². The number of halogens is 4. The van der Waals surface area contributed by atoms with Crippen molar-refractivity contribution in [1.82, 2.24) is 10.6 Å². The van der Waals surface area contributed by atoms with Crippen molar-refractivity contribution in [3.05, 3.63) is 0 Å². The number of hydrogen-bond donors (Lipinski definition) is 2. The van der Waals surface area contributed by atoms with Crippen LogP contribution in [-0.2, 0) is 9.59 Å². The van der Waals surface area contributed by atoms with Gasteiger partial charge < -0.3 is 10.6 Å². The molecule has 0 aliphatic carbocycles. The highest BCUT2D eigenvalue weighted by atomic mass is 79.9. The molecule has 0 fully saturated rings. The Bertz CT molecular complexity index is 380. The Balaban J connectivity index is 3.47. The highest BCUT2D eigenvalue weighted by Gasteiger charge is 2.31. The Morgan fingerprint density at radius 1 is 0.577 bits per heavy atom. The van der Waals surface area contributed by atoms with Crippen molar-refractivity contribution in [3.8, 4) is 0 Å². The number of alkyl halides is 4. The lowest BCUT2D eigenvalue weighted by Crippen LogP contribution is -2.35. The van der Waals surface area contributed by atoms with Gasteiger partial charge in [-0.05, 0) is 12.8 Å². The molecular weight excluding hydrogens is 596 g/mol. The molecule has 0 spiro atoms. The van der Waals surface area contributed by atoms with Gasteiger partial charge in [-0.25, -0.2) is 0 Å². The molecule has 0 bridgehead atoms. The lowest BCUT2D eigenvalue weighted by molar-refractivity contribution is -0.121. The maximum Gasteiger partial charge on any atom is 0.247 e. The van der Waals surface area contributed by atoms with Crippen molar-refractivity contribution in [2.75, 3.05) is 14.1 Å². The van der Waals surface area contributed by atoms with Gasteiger partial charge >= 0.3 is 0 Å². The predicted octanol–water partition coefficient (Wildman–Crippen LogP) is 6.13. The van der Waals surface area contributed by atoms with Crippen LogP contribution in [0.3, 0.4) is 0 Å². The van der Waals surface area contributed by atoms with Gasteiger partial charge in [0, 0.05) is 14.1 Å². The summed E-state index contributed by atoms with van der Waals surface area (Å²) in [6.07, 6.45) is 13.5. The zero-order valence-electron chi connectivity index (χ0n) is 15.8. The fourth-order valence-electron chi connectivity index (χ4n) is 2.70. The second kappa shape index (κ2) is 14.8. The molecule has 0 aromatic rings. The topological polar surface area (TPSA) is 58.2 Å². The van der Waals surface area contributed by atoms with E-state index in [0.717, 1.165) is 38.5 Å². The minimum atomic E-state index is -0.617. The summed E-state index contributed by atoms with van der Waals surface area (Å²) in [7, 11) is 3.30. The first-order valence-corrected chi connectivity index (χ1v) is 12.5. The van der Waals surface area contributed by atoms with Gasteiger partial charge in [-0.3, -0.25) is 9.59 Å². The first-order chi connectivity index (χ1) is 12.2. The summed E-state index contributed by atoms with van der Waals surface area (Å²) in [5.41, 5.74) is 0. The molecule has 26 heavy (non-hydrogen) atoms. The third kappa shape index (κ3) is 12.3. The van der Waals surface area contributed by atoms with Crippen LogP contribution in [0.25, 0.3) is 0 Å². The molecule has 0 saturated carbocycles. The average Bonchev–Trinajstić information content (AvgIpc) is 2.60. The van der Waals surface area contributed by atoms with Crippen LogP contribution in [0.5, 0.6) is 0 Å². The largest absolute Gasteiger partial charge is 0.357 e. The van der Waals surface area contributed by atoms with Crippen molar-refractivity contribution in [2.45, 2.75) is 83.5 Å². The van der Waals surface area contributed by atoms with Crippen LogP contribution < -0.4 is 10.6 Å². The minimum absolute atomic E-state index is 0.0233. The van der Waals surface area contributed by atoms with E-state index in [9.17, 15) is 9.59 Å². The summed E-state index contributed by atoms with van der Waals surface area (Å²) < 4.78 is -1.23. The third-order valence-electron chi connectivity index (χ3n) is 4.35. The molecule has 2 amide bonds. The Hall–Kier alpha value is 0.860. The monoisotopic (exact) mass is 624 g/mol. The SMILES string of the molecule is CNC(=O)C(Br)(Br)CCCCCCCCCCCCC(Br)(Br)C(=O)NC. The van der Waals surface area contributed by atoms with Gasteiger partial charge in [0.05, 0.1) is 0 Å². The average molecular weight is 628 g/mol. The number of hydrogen-bond acceptors (Lipinski definition) is 2. The van der Waals surface area contributed by atoms with Crippen LogP contribution in [0.15, 0.2) is 0 Å². The molecule has 0 aromatic carbocycles. The molecule has 0 aliphatic heterocycles. The molecule has 0 atom stereocenters. The Kier molecular flexibility index (Phi) is 15.3. The van der Waals surface area contributed by atoms with Crippen molar-refractivity contribution < 1.29 is 9.59 Å². The fourth-order valence-corrected chi connectivity index (χ4v) is 4.62. The first-order valence-electron chi connectivity index (χ1n) is 9.37. The summed E-state index contributed by atoms with van der Waals surface area (Å²) in [6, 6.07) is 0. The van der Waals surface area contributed by atoms with Gasteiger partial charge in [0.1, 0.15) is 0 Å². The number of carbonyl (C=O) groups excluding carboxylic acids is 2. The van der Waals surface area contributed by atoms with Crippen LogP contribution in [-0.4, -0.2) is 32.4 Å². The summed E-state index contributed by atoms with van der Waals surface area (Å²) >= 11 is 13.7. The maximum absolute atomic E-state index is 11.6. The van der Waals surface area contributed by atoms with E-state index >= 15 is 0 Å². The van der Waals surface area contributed by atoms with Crippen molar-refractivity contribution in [1.29, 1.82) is 0 Å². The van der Waals surface area contributed by atoms with Crippen LogP contribution in [0.4, 0.5) is 0 Å². The van der Waals surface area contributed by atoms with Crippen LogP contribution in [0.2, 0.25) is 0 Å². The molecule has 4 nitrogen and oxygen atoms in total.